The van der Waals surface area contributed by atoms with Crippen molar-refractivity contribution in [3.05, 3.63) is 0 Å². The van der Waals surface area contributed by atoms with Crippen LogP contribution in [0.2, 0.25) is 0 Å². The van der Waals surface area contributed by atoms with Gasteiger partial charge in [0.05, 0.1) is 25.9 Å². The van der Waals surface area contributed by atoms with Crippen molar-refractivity contribution < 1.29 is 14.6 Å². The fourth-order valence-electron chi connectivity index (χ4n) is 1.52. The second kappa shape index (κ2) is 10.9. The number of aliphatic hydroxyl groups is 1. The summed E-state index contributed by atoms with van der Waals surface area (Å²) in [6.45, 7) is 4.21. The third-order valence-electron chi connectivity index (χ3n) is 2.41. The Hall–Kier alpha value is -0.200. The van der Waals surface area contributed by atoms with Gasteiger partial charge in [0, 0.05) is 13.7 Å². The molecule has 0 aliphatic carbocycles. The van der Waals surface area contributed by atoms with Gasteiger partial charge in [0.1, 0.15) is 0 Å². The van der Waals surface area contributed by atoms with Crippen molar-refractivity contribution in [2.45, 2.75) is 12.5 Å². The van der Waals surface area contributed by atoms with Crippen molar-refractivity contribution in [1.29, 1.82) is 0 Å². The molecule has 0 saturated heterocycles. The van der Waals surface area contributed by atoms with Gasteiger partial charge in [-0.15, -0.1) is 0 Å². The maximum atomic E-state index is 9.71. The number of ether oxygens (including phenoxy) is 2. The van der Waals surface area contributed by atoms with E-state index in [9.17, 15) is 5.11 Å². The van der Waals surface area contributed by atoms with Crippen molar-refractivity contribution in [3.8, 4) is 0 Å². The third-order valence-corrected chi connectivity index (χ3v) is 2.41. The van der Waals surface area contributed by atoms with E-state index in [0.717, 1.165) is 19.5 Å². The molecule has 5 nitrogen and oxygen atoms in total. The molecule has 0 aliphatic heterocycles. The van der Waals surface area contributed by atoms with Crippen LogP contribution in [0.25, 0.3) is 0 Å². The first kappa shape index (κ1) is 16.8. The summed E-state index contributed by atoms with van der Waals surface area (Å²) in [7, 11) is 7.79. The van der Waals surface area contributed by atoms with Crippen LogP contribution in [0.5, 0.6) is 0 Å². The minimum atomic E-state index is -0.420. The SMILES string of the molecule is COCCOCC(O)CN(C)CCCN(C)C. The van der Waals surface area contributed by atoms with Gasteiger partial charge < -0.3 is 24.4 Å². The largest absolute Gasteiger partial charge is 0.389 e. The van der Waals surface area contributed by atoms with Crippen LogP contribution < -0.4 is 0 Å². The monoisotopic (exact) mass is 248 g/mol. The third kappa shape index (κ3) is 12.1. The standard InChI is InChI=1S/C12H28N2O3/c1-13(2)6-5-7-14(3)10-12(15)11-17-9-8-16-4/h12,15H,5-11H2,1-4H3. The second-order valence-corrected chi connectivity index (χ2v) is 4.64. The average molecular weight is 248 g/mol. The molecule has 1 N–H and O–H groups in total. The molecule has 5 heteroatoms. The van der Waals surface area contributed by atoms with Gasteiger partial charge in [-0.2, -0.15) is 0 Å². The summed E-state index contributed by atoms with van der Waals surface area (Å²) in [6.07, 6.45) is 0.692. The van der Waals surface area contributed by atoms with E-state index >= 15 is 0 Å². The lowest BCUT2D eigenvalue weighted by atomic mass is 10.3. The smallest absolute Gasteiger partial charge is 0.0900 e. The van der Waals surface area contributed by atoms with Gasteiger partial charge in [0.25, 0.3) is 0 Å². The number of nitrogens with zero attached hydrogens (tertiary/aromatic N) is 2. The van der Waals surface area contributed by atoms with E-state index in [1.54, 1.807) is 7.11 Å². The fraction of sp³-hybridized carbons (Fsp3) is 1.00. The molecular weight excluding hydrogens is 220 g/mol. The maximum Gasteiger partial charge on any atom is 0.0900 e. The molecule has 0 saturated carbocycles. The van der Waals surface area contributed by atoms with Gasteiger partial charge in [-0.3, -0.25) is 0 Å². The minimum absolute atomic E-state index is 0.376. The highest BCUT2D eigenvalue weighted by atomic mass is 16.5. The summed E-state index contributed by atoms with van der Waals surface area (Å²) in [5.74, 6) is 0. The Kier molecular flexibility index (Phi) is 10.8. The van der Waals surface area contributed by atoms with Crippen LogP contribution in [-0.2, 0) is 9.47 Å². The summed E-state index contributed by atoms with van der Waals surface area (Å²) in [4.78, 5) is 4.30. The quantitative estimate of drug-likeness (QED) is 0.517. The fourth-order valence-corrected chi connectivity index (χ4v) is 1.52. The predicted molar refractivity (Wildman–Crippen MR) is 69.4 cm³/mol. The number of hydrogen-bond donors (Lipinski definition) is 1. The molecule has 0 spiro atoms. The molecule has 0 aromatic rings. The Morgan fingerprint density at radius 1 is 1.12 bits per heavy atom. The maximum absolute atomic E-state index is 9.71. The Balaban J connectivity index is 3.41. The molecule has 0 amide bonds. The summed E-state index contributed by atoms with van der Waals surface area (Å²) in [5, 5.41) is 9.71. The first-order valence-corrected chi connectivity index (χ1v) is 6.14. The van der Waals surface area contributed by atoms with Crippen LogP contribution in [0.3, 0.4) is 0 Å². The number of likely N-dealkylation sites (N-methyl/N-ethyl adjacent to an activating group) is 1. The number of methoxy groups -OCH3 is 1. The van der Waals surface area contributed by atoms with Crippen molar-refractivity contribution in [1.82, 2.24) is 9.80 Å². The van der Waals surface area contributed by atoms with Crippen LogP contribution in [0.15, 0.2) is 0 Å². The lowest BCUT2D eigenvalue weighted by Crippen LogP contribution is -2.34. The topological polar surface area (TPSA) is 45.2 Å². The average Bonchev–Trinajstić information content (AvgIpc) is 2.23. The Morgan fingerprint density at radius 2 is 1.82 bits per heavy atom. The minimum Gasteiger partial charge on any atom is -0.389 e. The zero-order valence-electron chi connectivity index (χ0n) is 11.7. The highest BCUT2D eigenvalue weighted by molar-refractivity contribution is 4.61. The van der Waals surface area contributed by atoms with Gasteiger partial charge in [0.15, 0.2) is 0 Å². The Labute approximate surface area is 105 Å². The van der Waals surface area contributed by atoms with Gasteiger partial charge in [-0.1, -0.05) is 0 Å². The molecule has 0 fully saturated rings. The molecule has 17 heavy (non-hydrogen) atoms. The summed E-state index contributed by atoms with van der Waals surface area (Å²) in [5.41, 5.74) is 0. The van der Waals surface area contributed by atoms with Crippen LogP contribution in [0.4, 0.5) is 0 Å². The Morgan fingerprint density at radius 3 is 2.41 bits per heavy atom. The second-order valence-electron chi connectivity index (χ2n) is 4.64. The highest BCUT2D eigenvalue weighted by Gasteiger charge is 2.08. The van der Waals surface area contributed by atoms with Gasteiger partial charge >= 0.3 is 0 Å². The van der Waals surface area contributed by atoms with Crippen LogP contribution in [0.1, 0.15) is 6.42 Å². The van der Waals surface area contributed by atoms with E-state index in [-0.39, 0.29) is 0 Å². The number of hydrogen-bond acceptors (Lipinski definition) is 5. The van der Waals surface area contributed by atoms with Crippen molar-refractivity contribution >= 4 is 0 Å². The molecule has 1 atom stereocenters. The zero-order chi connectivity index (χ0) is 13.1. The lowest BCUT2D eigenvalue weighted by Gasteiger charge is -2.21. The van der Waals surface area contributed by atoms with Crippen LogP contribution in [0, 0.1) is 0 Å². The van der Waals surface area contributed by atoms with Crippen molar-refractivity contribution in [3.63, 3.8) is 0 Å². The molecule has 0 heterocycles. The molecular formula is C12H28N2O3. The first-order valence-electron chi connectivity index (χ1n) is 6.14. The molecule has 0 radical (unpaired) electrons. The molecule has 0 aromatic heterocycles. The van der Waals surface area contributed by atoms with Gasteiger partial charge in [-0.25, -0.2) is 0 Å². The summed E-state index contributed by atoms with van der Waals surface area (Å²) < 4.78 is 10.1. The van der Waals surface area contributed by atoms with E-state index in [1.165, 1.54) is 0 Å². The first-order chi connectivity index (χ1) is 8.06. The zero-order valence-corrected chi connectivity index (χ0v) is 11.7. The highest BCUT2D eigenvalue weighted by Crippen LogP contribution is 1.94. The van der Waals surface area contributed by atoms with Crippen LogP contribution >= 0.6 is 0 Å². The van der Waals surface area contributed by atoms with E-state index in [1.807, 2.05) is 7.05 Å². The normalized spacial score (nSPS) is 13.6. The molecule has 0 bridgehead atoms. The van der Waals surface area contributed by atoms with E-state index < -0.39 is 6.10 Å². The van der Waals surface area contributed by atoms with Crippen LogP contribution in [-0.4, -0.2) is 88.7 Å². The van der Waals surface area contributed by atoms with E-state index in [4.69, 9.17) is 9.47 Å². The van der Waals surface area contributed by atoms with Crippen molar-refractivity contribution in [2.24, 2.45) is 0 Å². The molecule has 0 rings (SSSR count). The van der Waals surface area contributed by atoms with E-state index in [2.05, 4.69) is 23.9 Å². The lowest BCUT2D eigenvalue weighted by molar-refractivity contribution is 0.00220. The van der Waals surface area contributed by atoms with E-state index in [0.29, 0.717) is 26.4 Å². The summed E-state index contributed by atoms with van der Waals surface area (Å²) >= 11 is 0. The number of rotatable bonds is 11. The van der Waals surface area contributed by atoms with Gasteiger partial charge in [0.2, 0.25) is 0 Å². The van der Waals surface area contributed by atoms with Crippen molar-refractivity contribution in [2.75, 3.05) is 67.7 Å². The molecule has 104 valence electrons. The van der Waals surface area contributed by atoms with Gasteiger partial charge in [-0.05, 0) is 40.7 Å². The summed E-state index contributed by atoms with van der Waals surface area (Å²) in [6, 6.07) is 0. The molecule has 0 aromatic carbocycles. The Bertz CT molecular complexity index is 168. The predicted octanol–water partition coefficient (Wildman–Crippen LogP) is -0.106. The molecule has 0 aliphatic rings. The number of aliphatic hydroxyl groups excluding tert-OH is 1. The molecule has 1 unspecified atom stereocenters.